The maximum absolute atomic E-state index is 12.3. The number of sulfonamides is 1. The molecule has 1 saturated carbocycles. The standard InChI is InChI=1S/C14H21BrN2O2S/c1-9(2)16-8-11-4-5-14(12(15)7-11)20(18,19)17-13-6-10(13)3/h4-5,7,9-10,13,16-17H,6,8H2,1-3H3. The largest absolute Gasteiger partial charge is 0.310 e. The van der Waals surface area contributed by atoms with Crippen LogP contribution >= 0.6 is 15.9 Å². The maximum Gasteiger partial charge on any atom is 0.241 e. The van der Waals surface area contributed by atoms with Gasteiger partial charge in [0.25, 0.3) is 0 Å². The molecule has 2 atom stereocenters. The molecule has 1 aromatic carbocycles. The summed E-state index contributed by atoms with van der Waals surface area (Å²) in [7, 11) is -3.43. The van der Waals surface area contributed by atoms with E-state index >= 15 is 0 Å². The number of benzene rings is 1. The minimum atomic E-state index is -3.43. The van der Waals surface area contributed by atoms with Gasteiger partial charge in [-0.1, -0.05) is 26.8 Å². The molecule has 2 unspecified atom stereocenters. The summed E-state index contributed by atoms with van der Waals surface area (Å²) in [4.78, 5) is 0.310. The van der Waals surface area contributed by atoms with Gasteiger partial charge in [0.2, 0.25) is 10.0 Å². The van der Waals surface area contributed by atoms with Crippen molar-refractivity contribution in [3.8, 4) is 0 Å². The lowest BCUT2D eigenvalue weighted by atomic mass is 10.2. The molecular weight excluding hydrogens is 340 g/mol. The van der Waals surface area contributed by atoms with E-state index in [0.717, 1.165) is 18.5 Å². The van der Waals surface area contributed by atoms with Gasteiger partial charge < -0.3 is 5.32 Å². The van der Waals surface area contributed by atoms with E-state index in [9.17, 15) is 8.42 Å². The first kappa shape index (κ1) is 15.9. The molecule has 4 nitrogen and oxygen atoms in total. The highest BCUT2D eigenvalue weighted by atomic mass is 79.9. The van der Waals surface area contributed by atoms with Gasteiger partial charge in [-0.25, -0.2) is 13.1 Å². The Bertz CT molecular complexity index is 587. The predicted molar refractivity (Wildman–Crippen MR) is 84.0 cm³/mol. The van der Waals surface area contributed by atoms with Crippen molar-refractivity contribution < 1.29 is 8.42 Å². The fourth-order valence-electron chi connectivity index (χ4n) is 1.94. The van der Waals surface area contributed by atoms with Crippen LogP contribution < -0.4 is 10.0 Å². The van der Waals surface area contributed by atoms with Gasteiger partial charge >= 0.3 is 0 Å². The number of halogens is 1. The lowest BCUT2D eigenvalue weighted by Crippen LogP contribution is -2.27. The van der Waals surface area contributed by atoms with E-state index in [1.165, 1.54) is 0 Å². The third-order valence-corrected chi connectivity index (χ3v) is 5.88. The van der Waals surface area contributed by atoms with Crippen molar-refractivity contribution in [1.82, 2.24) is 10.0 Å². The second kappa shape index (κ2) is 6.13. The summed E-state index contributed by atoms with van der Waals surface area (Å²) in [6.45, 7) is 6.93. The normalized spacial score (nSPS) is 22.2. The van der Waals surface area contributed by atoms with Crippen molar-refractivity contribution in [3.63, 3.8) is 0 Å². The number of rotatable bonds is 6. The molecule has 0 aliphatic heterocycles. The summed E-state index contributed by atoms with van der Waals surface area (Å²) in [5, 5.41) is 3.31. The zero-order chi connectivity index (χ0) is 14.9. The SMILES string of the molecule is CC(C)NCc1ccc(S(=O)(=O)NC2CC2C)c(Br)c1. The summed E-state index contributed by atoms with van der Waals surface area (Å²) in [6.07, 6.45) is 0.924. The van der Waals surface area contributed by atoms with Crippen molar-refractivity contribution >= 4 is 26.0 Å². The van der Waals surface area contributed by atoms with Gasteiger partial charge in [0.1, 0.15) is 0 Å². The Morgan fingerprint density at radius 2 is 2.05 bits per heavy atom. The average molecular weight is 361 g/mol. The Hall–Kier alpha value is -0.430. The smallest absolute Gasteiger partial charge is 0.241 e. The molecule has 0 aromatic heterocycles. The van der Waals surface area contributed by atoms with Crippen molar-refractivity contribution in [2.45, 2.75) is 50.7 Å². The van der Waals surface area contributed by atoms with Gasteiger partial charge in [-0.2, -0.15) is 0 Å². The highest BCUT2D eigenvalue weighted by molar-refractivity contribution is 9.10. The molecule has 112 valence electrons. The van der Waals surface area contributed by atoms with Gasteiger partial charge in [0.05, 0.1) is 4.90 Å². The molecule has 0 bridgehead atoms. The summed E-state index contributed by atoms with van der Waals surface area (Å²) in [6, 6.07) is 5.87. The second-order valence-corrected chi connectivity index (χ2v) is 8.28. The Morgan fingerprint density at radius 1 is 1.40 bits per heavy atom. The van der Waals surface area contributed by atoms with Crippen LogP contribution in [0, 0.1) is 5.92 Å². The quantitative estimate of drug-likeness (QED) is 0.819. The molecule has 1 aliphatic carbocycles. The summed E-state index contributed by atoms with van der Waals surface area (Å²) in [5.41, 5.74) is 1.06. The zero-order valence-corrected chi connectivity index (χ0v) is 14.4. The predicted octanol–water partition coefficient (Wildman–Crippen LogP) is 2.63. The molecule has 6 heteroatoms. The molecule has 1 aromatic rings. The molecule has 1 fully saturated rings. The average Bonchev–Trinajstić information content (AvgIpc) is 3.00. The van der Waals surface area contributed by atoms with Crippen molar-refractivity contribution in [3.05, 3.63) is 28.2 Å². The Labute approximate surface area is 129 Å². The Kier molecular flexibility index (Phi) is 4.89. The van der Waals surface area contributed by atoms with Crippen molar-refractivity contribution in [2.75, 3.05) is 0 Å². The van der Waals surface area contributed by atoms with E-state index in [1.54, 1.807) is 6.07 Å². The van der Waals surface area contributed by atoms with Crippen LogP contribution in [-0.2, 0) is 16.6 Å². The zero-order valence-electron chi connectivity index (χ0n) is 12.0. The molecule has 0 spiro atoms. The van der Waals surface area contributed by atoms with Crippen LogP contribution in [0.3, 0.4) is 0 Å². The first-order chi connectivity index (χ1) is 9.29. The molecule has 0 saturated heterocycles. The Morgan fingerprint density at radius 3 is 2.55 bits per heavy atom. The molecule has 2 N–H and O–H groups in total. The number of hydrogen-bond acceptors (Lipinski definition) is 3. The monoisotopic (exact) mass is 360 g/mol. The number of nitrogens with one attached hydrogen (secondary N) is 2. The van der Waals surface area contributed by atoms with Gasteiger partial charge in [-0.3, -0.25) is 0 Å². The van der Waals surface area contributed by atoms with Gasteiger partial charge in [-0.05, 0) is 46.0 Å². The first-order valence-electron chi connectivity index (χ1n) is 6.83. The third-order valence-electron chi connectivity index (χ3n) is 3.42. The van der Waals surface area contributed by atoms with Crippen LogP contribution in [0.15, 0.2) is 27.6 Å². The topological polar surface area (TPSA) is 58.2 Å². The van der Waals surface area contributed by atoms with Gasteiger partial charge in [0, 0.05) is 23.1 Å². The van der Waals surface area contributed by atoms with E-state index in [1.807, 2.05) is 19.1 Å². The van der Waals surface area contributed by atoms with Gasteiger partial charge in [0.15, 0.2) is 0 Å². The van der Waals surface area contributed by atoms with E-state index in [4.69, 9.17) is 0 Å². The molecule has 0 amide bonds. The molecular formula is C14H21BrN2O2S. The van der Waals surface area contributed by atoms with E-state index in [-0.39, 0.29) is 6.04 Å². The minimum absolute atomic E-state index is 0.0918. The first-order valence-corrected chi connectivity index (χ1v) is 9.11. The van der Waals surface area contributed by atoms with E-state index < -0.39 is 10.0 Å². The molecule has 2 rings (SSSR count). The Balaban J connectivity index is 2.12. The lowest BCUT2D eigenvalue weighted by Gasteiger charge is -2.11. The number of hydrogen-bond donors (Lipinski definition) is 2. The minimum Gasteiger partial charge on any atom is -0.310 e. The van der Waals surface area contributed by atoms with Crippen LogP contribution in [0.4, 0.5) is 0 Å². The van der Waals surface area contributed by atoms with E-state index in [2.05, 4.69) is 39.8 Å². The summed E-state index contributed by atoms with van der Waals surface area (Å²) < 4.78 is 27.9. The molecule has 0 radical (unpaired) electrons. The fourth-order valence-corrected chi connectivity index (χ4v) is 4.43. The highest BCUT2D eigenvalue weighted by Crippen LogP contribution is 2.32. The van der Waals surface area contributed by atoms with Crippen LogP contribution in [0.25, 0.3) is 0 Å². The fraction of sp³-hybridized carbons (Fsp3) is 0.571. The van der Waals surface area contributed by atoms with Gasteiger partial charge in [-0.15, -0.1) is 0 Å². The van der Waals surface area contributed by atoms with Crippen molar-refractivity contribution in [1.29, 1.82) is 0 Å². The van der Waals surface area contributed by atoms with E-state index in [0.29, 0.717) is 21.3 Å². The van der Waals surface area contributed by atoms with Crippen LogP contribution in [-0.4, -0.2) is 20.5 Å². The van der Waals surface area contributed by atoms with Crippen molar-refractivity contribution in [2.24, 2.45) is 5.92 Å². The molecule has 0 heterocycles. The summed E-state index contributed by atoms with van der Waals surface area (Å²) >= 11 is 3.37. The summed E-state index contributed by atoms with van der Waals surface area (Å²) in [5.74, 6) is 0.443. The molecule has 20 heavy (non-hydrogen) atoms. The second-order valence-electron chi connectivity index (χ2n) is 5.74. The molecule has 1 aliphatic rings. The van der Waals surface area contributed by atoms with Crippen LogP contribution in [0.2, 0.25) is 0 Å². The van der Waals surface area contributed by atoms with Crippen LogP contribution in [0.5, 0.6) is 0 Å². The third kappa shape index (κ3) is 4.04. The highest BCUT2D eigenvalue weighted by Gasteiger charge is 2.36. The lowest BCUT2D eigenvalue weighted by molar-refractivity contribution is 0.576. The maximum atomic E-state index is 12.3. The van der Waals surface area contributed by atoms with Crippen LogP contribution in [0.1, 0.15) is 32.8 Å².